The molecule has 0 unspecified atom stereocenters. The maximum absolute atomic E-state index is 13.9. The molecule has 0 radical (unpaired) electrons. The summed E-state index contributed by atoms with van der Waals surface area (Å²) in [7, 11) is 3.72. The minimum Gasteiger partial charge on any atom is -0.346 e. The highest BCUT2D eigenvalue weighted by Gasteiger charge is 2.40. The van der Waals surface area contributed by atoms with E-state index in [1.54, 1.807) is 11.6 Å². The lowest BCUT2D eigenvalue weighted by atomic mass is 9.84. The summed E-state index contributed by atoms with van der Waals surface area (Å²) >= 11 is 1.34. The molecule has 7 nitrogen and oxygen atoms in total. The van der Waals surface area contributed by atoms with E-state index in [-0.39, 0.29) is 16.9 Å². The second kappa shape index (κ2) is 8.85. The number of hydrazine groups is 1. The van der Waals surface area contributed by atoms with E-state index in [1.807, 2.05) is 79.8 Å². The molecule has 4 aromatic rings. The molecule has 2 aliphatic heterocycles. The molecule has 1 aromatic heterocycles. The monoisotopic (exact) mass is 521 g/mol. The number of benzene rings is 3. The van der Waals surface area contributed by atoms with E-state index >= 15 is 0 Å². The van der Waals surface area contributed by atoms with Crippen LogP contribution in [0.25, 0.3) is 11.3 Å². The van der Waals surface area contributed by atoms with E-state index < -0.39 is 0 Å². The summed E-state index contributed by atoms with van der Waals surface area (Å²) in [5.41, 5.74) is 7.62. The zero-order valence-corrected chi connectivity index (χ0v) is 22.4. The fourth-order valence-corrected chi connectivity index (χ4v) is 6.72. The number of aliphatic imine (C=N–C) groups is 1. The second-order valence-corrected chi connectivity index (χ2v) is 10.9. The van der Waals surface area contributed by atoms with Crippen molar-refractivity contribution in [1.29, 1.82) is 0 Å². The van der Waals surface area contributed by atoms with Crippen molar-refractivity contribution in [1.82, 2.24) is 9.99 Å². The van der Waals surface area contributed by atoms with E-state index in [0.717, 1.165) is 11.4 Å². The fourth-order valence-electron chi connectivity index (χ4n) is 5.31. The number of para-hydroxylation sites is 3. The molecule has 1 amide bonds. The topological polar surface area (TPSA) is 69.9 Å². The summed E-state index contributed by atoms with van der Waals surface area (Å²) in [6, 6.07) is 27.1. The number of hydrogen-bond donors (Lipinski definition) is 1. The van der Waals surface area contributed by atoms with Crippen molar-refractivity contribution >= 4 is 51.4 Å². The lowest BCUT2D eigenvalue weighted by Crippen LogP contribution is -2.37. The van der Waals surface area contributed by atoms with Crippen molar-refractivity contribution < 1.29 is 4.79 Å². The number of carbonyl (C=O) groups excluding carboxylic acids is 1. The molecule has 1 N–H and O–H groups in total. The number of likely N-dealkylation sites (N-methyl/N-ethyl adjacent to an activating group) is 1. The second-order valence-electron chi connectivity index (χ2n) is 9.91. The highest BCUT2D eigenvalue weighted by atomic mass is 32.1. The Hall–Kier alpha value is -4.43. The van der Waals surface area contributed by atoms with Gasteiger partial charge in [0.1, 0.15) is 14.8 Å². The third-order valence-corrected chi connectivity index (χ3v) is 8.42. The first kappa shape index (κ1) is 23.9. The SMILES string of the molecule is CN1/C(=c2/s/c(=C3\C(=O)N(c4ccccc4)NC3=Nc3ccccc3)n(C)c2=O)C(C)(C)c2ccccc21. The summed E-state index contributed by atoms with van der Waals surface area (Å²) in [5, 5.41) is 1.48. The van der Waals surface area contributed by atoms with E-state index in [2.05, 4.69) is 36.3 Å². The van der Waals surface area contributed by atoms with Crippen molar-refractivity contribution in [3.8, 4) is 0 Å². The van der Waals surface area contributed by atoms with E-state index in [9.17, 15) is 9.59 Å². The summed E-state index contributed by atoms with van der Waals surface area (Å²) in [5.74, 6) is 0.141. The quantitative estimate of drug-likeness (QED) is 0.439. The van der Waals surface area contributed by atoms with Gasteiger partial charge < -0.3 is 9.47 Å². The Bertz CT molecular complexity index is 1790. The molecular weight excluding hydrogens is 494 g/mol. The predicted molar refractivity (Wildman–Crippen MR) is 154 cm³/mol. The Morgan fingerprint density at radius 2 is 1.47 bits per heavy atom. The van der Waals surface area contributed by atoms with Gasteiger partial charge >= 0.3 is 0 Å². The van der Waals surface area contributed by atoms with Gasteiger partial charge in [-0.2, -0.15) is 0 Å². The molecule has 2 aliphatic rings. The molecule has 3 heterocycles. The maximum atomic E-state index is 13.9. The summed E-state index contributed by atoms with van der Waals surface area (Å²) < 4.78 is 2.75. The van der Waals surface area contributed by atoms with Crippen molar-refractivity contribution in [3.05, 3.63) is 110 Å². The van der Waals surface area contributed by atoms with Gasteiger partial charge in [-0.05, 0) is 35.9 Å². The van der Waals surface area contributed by atoms with Crippen LogP contribution in [0.2, 0.25) is 0 Å². The molecule has 0 spiro atoms. The van der Waals surface area contributed by atoms with Gasteiger partial charge in [0, 0.05) is 25.2 Å². The van der Waals surface area contributed by atoms with Gasteiger partial charge in [-0.25, -0.2) is 10.0 Å². The zero-order valence-electron chi connectivity index (χ0n) is 21.6. The van der Waals surface area contributed by atoms with Crippen LogP contribution in [0.4, 0.5) is 17.1 Å². The first-order valence-corrected chi connectivity index (χ1v) is 13.2. The van der Waals surface area contributed by atoms with Crippen molar-refractivity contribution in [3.63, 3.8) is 0 Å². The highest BCUT2D eigenvalue weighted by Crippen LogP contribution is 2.46. The minimum atomic E-state index is -0.376. The number of fused-ring (bicyclic) bond motifs is 1. The number of aromatic nitrogens is 1. The molecule has 0 atom stereocenters. The molecule has 8 heteroatoms. The summed E-state index contributed by atoms with van der Waals surface area (Å²) in [6.07, 6.45) is 0. The Labute approximate surface area is 224 Å². The summed E-state index contributed by atoms with van der Waals surface area (Å²) in [6.45, 7) is 4.27. The first-order valence-electron chi connectivity index (χ1n) is 12.4. The van der Waals surface area contributed by atoms with E-state index in [0.29, 0.717) is 32.0 Å². The Morgan fingerprint density at radius 3 is 2.16 bits per heavy atom. The van der Waals surface area contributed by atoms with Crippen molar-refractivity contribution in [2.45, 2.75) is 19.3 Å². The average Bonchev–Trinajstić information content (AvgIpc) is 3.47. The van der Waals surface area contributed by atoms with E-state index in [4.69, 9.17) is 4.99 Å². The van der Waals surface area contributed by atoms with Crippen LogP contribution >= 0.6 is 11.3 Å². The number of anilines is 2. The van der Waals surface area contributed by atoms with Gasteiger partial charge in [0.15, 0.2) is 5.84 Å². The molecule has 6 rings (SSSR count). The van der Waals surface area contributed by atoms with Gasteiger partial charge in [-0.1, -0.05) is 68.4 Å². The lowest BCUT2D eigenvalue weighted by Gasteiger charge is -2.23. The molecule has 38 heavy (non-hydrogen) atoms. The molecule has 1 fully saturated rings. The number of carbonyl (C=O) groups is 1. The van der Waals surface area contributed by atoms with Gasteiger partial charge in [0.25, 0.3) is 11.5 Å². The van der Waals surface area contributed by atoms with Gasteiger partial charge in [0.05, 0.1) is 17.1 Å². The van der Waals surface area contributed by atoms with Crippen LogP contribution in [0.3, 0.4) is 0 Å². The number of hydrogen-bond acceptors (Lipinski definition) is 5. The normalized spacial score (nSPS) is 20.2. The van der Waals surface area contributed by atoms with Crippen LogP contribution in [0.15, 0.2) is 94.7 Å². The number of amides is 1. The number of nitrogens with one attached hydrogen (secondary N) is 1. The predicted octanol–water partition coefficient (Wildman–Crippen LogP) is 3.41. The molecule has 0 aliphatic carbocycles. The van der Waals surface area contributed by atoms with Crippen molar-refractivity contribution in [2.75, 3.05) is 17.0 Å². The molecule has 0 bridgehead atoms. The van der Waals surface area contributed by atoms with E-state index in [1.165, 1.54) is 21.9 Å². The summed E-state index contributed by atoms with van der Waals surface area (Å²) in [4.78, 5) is 34.5. The highest BCUT2D eigenvalue weighted by molar-refractivity contribution is 7.08. The number of amidine groups is 1. The maximum Gasteiger partial charge on any atom is 0.283 e. The molecule has 190 valence electrons. The third kappa shape index (κ3) is 3.60. The standard InChI is InChI=1S/C30H27N5O2S/c1-30(2)21-17-11-12-18-22(21)33(3)25(30)24-28(37)34(4)29(38-24)23-26(31-19-13-7-5-8-14-19)32-35(27(23)36)20-15-9-6-10-16-20/h5-18H,1-4H3,(H,31,32)/b25-24+,29-23-. The minimum absolute atomic E-state index is 0.134. The number of thiazole rings is 1. The van der Waals surface area contributed by atoms with Crippen LogP contribution in [0.1, 0.15) is 19.4 Å². The Balaban J connectivity index is 1.64. The van der Waals surface area contributed by atoms with Gasteiger partial charge in [0.2, 0.25) is 0 Å². The van der Waals surface area contributed by atoms with Crippen LogP contribution in [0, 0.1) is 0 Å². The van der Waals surface area contributed by atoms with Crippen LogP contribution in [-0.4, -0.2) is 23.4 Å². The van der Waals surface area contributed by atoms with Crippen LogP contribution in [0.5, 0.6) is 0 Å². The molecule has 3 aromatic carbocycles. The number of nitrogens with zero attached hydrogens (tertiary/aromatic N) is 4. The third-order valence-electron chi connectivity index (χ3n) is 7.18. The molecule has 0 saturated carbocycles. The number of rotatable bonds is 2. The Morgan fingerprint density at radius 1 is 0.842 bits per heavy atom. The molecule has 1 saturated heterocycles. The first-order chi connectivity index (χ1) is 18.3. The average molecular weight is 522 g/mol. The smallest absolute Gasteiger partial charge is 0.283 e. The zero-order chi connectivity index (χ0) is 26.6. The molecular formula is C30H27N5O2S. The van der Waals surface area contributed by atoms with Gasteiger partial charge in [-0.15, -0.1) is 11.3 Å². The Kier molecular flexibility index (Phi) is 5.57. The van der Waals surface area contributed by atoms with Crippen molar-refractivity contribution in [2.24, 2.45) is 12.0 Å². The fraction of sp³-hybridized carbons (Fsp3) is 0.167. The van der Waals surface area contributed by atoms with Crippen LogP contribution in [-0.2, 0) is 17.3 Å². The van der Waals surface area contributed by atoms with Gasteiger partial charge in [-0.3, -0.25) is 15.0 Å². The van der Waals surface area contributed by atoms with Crippen LogP contribution < -0.4 is 30.1 Å². The largest absolute Gasteiger partial charge is 0.346 e. The lowest BCUT2D eigenvalue weighted by molar-refractivity contribution is -0.113.